The number of pyridine rings is 1. The average Bonchev–Trinajstić information content (AvgIpc) is 3.00. The smallest absolute Gasteiger partial charge is 0.340 e. The molecule has 0 fully saturated rings. The molecule has 0 spiro atoms. The van der Waals surface area contributed by atoms with Gasteiger partial charge in [0.15, 0.2) is 0 Å². The summed E-state index contributed by atoms with van der Waals surface area (Å²) in [6.45, 7) is 6.19. The maximum atomic E-state index is 12.4. The van der Waals surface area contributed by atoms with Crippen molar-refractivity contribution in [3.63, 3.8) is 0 Å². The van der Waals surface area contributed by atoms with E-state index in [2.05, 4.69) is 0 Å². The predicted octanol–water partition coefficient (Wildman–Crippen LogP) is 4.63. The maximum Gasteiger partial charge on any atom is 0.340 e. The average molecular weight is 337 g/mol. The van der Waals surface area contributed by atoms with E-state index in [4.69, 9.17) is 9.47 Å². The molecule has 0 bridgehead atoms. The summed E-state index contributed by atoms with van der Waals surface area (Å²) >= 11 is 0. The molecule has 0 aliphatic carbocycles. The normalized spacial score (nSPS) is 12.5. The van der Waals surface area contributed by atoms with Crippen LogP contribution in [-0.4, -0.2) is 23.1 Å². The van der Waals surface area contributed by atoms with Crippen molar-refractivity contribution in [1.29, 1.82) is 0 Å². The number of carbonyl (C=O) groups excluding carboxylic acids is 1. The zero-order chi connectivity index (χ0) is 17.8. The number of hydrogen-bond acceptors (Lipinski definition) is 3. The van der Waals surface area contributed by atoms with E-state index in [9.17, 15) is 4.79 Å². The lowest BCUT2D eigenvalue weighted by molar-refractivity contribution is 0.0277. The predicted molar refractivity (Wildman–Crippen MR) is 97.9 cm³/mol. The highest BCUT2D eigenvalue weighted by molar-refractivity contribution is 5.97. The number of hydrogen-bond donors (Lipinski definition) is 0. The van der Waals surface area contributed by atoms with Crippen molar-refractivity contribution in [3.05, 3.63) is 77.6 Å². The summed E-state index contributed by atoms with van der Waals surface area (Å²) in [6.07, 6.45) is 1.73. The molecule has 0 saturated carbocycles. The van der Waals surface area contributed by atoms with Crippen LogP contribution in [0.25, 0.3) is 5.52 Å². The Labute approximate surface area is 148 Å². The number of aromatic nitrogens is 1. The topological polar surface area (TPSA) is 39.9 Å². The van der Waals surface area contributed by atoms with Gasteiger partial charge in [-0.3, -0.25) is 0 Å². The molecule has 0 amide bonds. The lowest BCUT2D eigenvalue weighted by atomic mass is 10.1. The van der Waals surface area contributed by atoms with Crippen LogP contribution in [0.1, 0.15) is 48.5 Å². The van der Waals surface area contributed by atoms with Crippen molar-refractivity contribution < 1.29 is 14.3 Å². The van der Waals surface area contributed by atoms with Gasteiger partial charge in [0.05, 0.1) is 29.5 Å². The summed E-state index contributed by atoms with van der Waals surface area (Å²) in [7, 11) is 0. The van der Waals surface area contributed by atoms with Crippen molar-refractivity contribution in [1.82, 2.24) is 4.40 Å². The van der Waals surface area contributed by atoms with E-state index in [1.54, 1.807) is 0 Å². The summed E-state index contributed by atoms with van der Waals surface area (Å²) in [6, 6.07) is 17.7. The third-order valence-corrected chi connectivity index (χ3v) is 3.98. The van der Waals surface area contributed by atoms with E-state index in [0.717, 1.165) is 16.8 Å². The molecule has 0 N–H and O–H groups in total. The molecule has 0 aliphatic heterocycles. The van der Waals surface area contributed by atoms with Gasteiger partial charge in [-0.15, -0.1) is 0 Å². The van der Waals surface area contributed by atoms with Crippen LogP contribution in [0.4, 0.5) is 0 Å². The molecule has 130 valence electrons. The van der Waals surface area contributed by atoms with E-state index in [-0.39, 0.29) is 18.2 Å². The lowest BCUT2D eigenvalue weighted by Crippen LogP contribution is -2.13. The molecule has 4 nitrogen and oxygen atoms in total. The molecule has 25 heavy (non-hydrogen) atoms. The second-order valence-corrected chi connectivity index (χ2v) is 6.13. The van der Waals surface area contributed by atoms with Gasteiger partial charge in [-0.25, -0.2) is 4.79 Å². The first-order chi connectivity index (χ1) is 12.1. The first-order valence-corrected chi connectivity index (χ1v) is 8.59. The Balaban J connectivity index is 2.16. The van der Waals surface area contributed by atoms with Crippen LogP contribution in [0.3, 0.4) is 0 Å². The van der Waals surface area contributed by atoms with Crippen LogP contribution in [0, 0.1) is 0 Å². The Morgan fingerprint density at radius 3 is 2.48 bits per heavy atom. The summed E-state index contributed by atoms with van der Waals surface area (Å²) in [5.74, 6) is -0.311. The van der Waals surface area contributed by atoms with Crippen molar-refractivity contribution in [2.24, 2.45) is 0 Å². The highest BCUT2D eigenvalue weighted by atomic mass is 16.5. The molecule has 0 unspecified atom stereocenters. The van der Waals surface area contributed by atoms with E-state index >= 15 is 0 Å². The number of nitrogens with zero attached hydrogens (tertiary/aromatic N) is 1. The number of rotatable bonds is 6. The van der Waals surface area contributed by atoms with Crippen LogP contribution in [0.5, 0.6) is 0 Å². The van der Waals surface area contributed by atoms with Crippen LogP contribution in [0.15, 0.2) is 60.8 Å². The third-order valence-electron chi connectivity index (χ3n) is 3.98. The van der Waals surface area contributed by atoms with Crippen molar-refractivity contribution >= 4 is 11.5 Å². The highest BCUT2D eigenvalue weighted by Crippen LogP contribution is 2.31. The summed E-state index contributed by atoms with van der Waals surface area (Å²) in [5.41, 5.74) is 3.35. The fourth-order valence-corrected chi connectivity index (χ4v) is 2.97. The molecule has 1 atom stereocenters. The second-order valence-electron chi connectivity index (χ2n) is 6.13. The van der Waals surface area contributed by atoms with E-state index in [1.165, 1.54) is 0 Å². The highest BCUT2D eigenvalue weighted by Gasteiger charge is 2.24. The Bertz CT molecular complexity index is 852. The standard InChI is InChI=1S/C21H23NO3/c1-4-24-21(23)17-14-19(22-13-9-8-12-18(17)22)20(25-15(2)3)16-10-6-5-7-11-16/h5-15,20H,4H2,1-3H3/t20-/m0/s1. The van der Waals surface area contributed by atoms with E-state index in [1.807, 2.05) is 86.0 Å². The number of carbonyl (C=O) groups is 1. The molecular formula is C21H23NO3. The fraction of sp³-hybridized carbons (Fsp3) is 0.286. The summed E-state index contributed by atoms with van der Waals surface area (Å²) in [4.78, 5) is 12.4. The van der Waals surface area contributed by atoms with Gasteiger partial charge in [0, 0.05) is 6.20 Å². The Kier molecular flexibility index (Phi) is 5.19. The van der Waals surface area contributed by atoms with Crippen molar-refractivity contribution in [2.45, 2.75) is 33.0 Å². The molecule has 4 heteroatoms. The van der Waals surface area contributed by atoms with Crippen LogP contribution < -0.4 is 0 Å². The minimum atomic E-state index is -0.311. The Morgan fingerprint density at radius 1 is 1.08 bits per heavy atom. The van der Waals surface area contributed by atoms with Gasteiger partial charge in [0.25, 0.3) is 0 Å². The number of fused-ring (bicyclic) bond motifs is 1. The minimum absolute atomic E-state index is 0.0468. The summed E-state index contributed by atoms with van der Waals surface area (Å²) < 4.78 is 13.4. The molecule has 0 radical (unpaired) electrons. The molecule has 2 aromatic heterocycles. The SMILES string of the molecule is CCOC(=O)c1cc([C@@H](OC(C)C)c2ccccc2)n2ccccc12. The lowest BCUT2D eigenvalue weighted by Gasteiger charge is -2.21. The molecule has 1 aromatic carbocycles. The van der Waals surface area contributed by atoms with Gasteiger partial charge < -0.3 is 13.9 Å². The first kappa shape index (κ1) is 17.2. The molecular weight excluding hydrogens is 314 g/mol. The monoisotopic (exact) mass is 337 g/mol. The van der Waals surface area contributed by atoms with E-state index in [0.29, 0.717) is 12.2 Å². The van der Waals surface area contributed by atoms with Gasteiger partial charge in [-0.2, -0.15) is 0 Å². The zero-order valence-electron chi connectivity index (χ0n) is 14.8. The van der Waals surface area contributed by atoms with Crippen molar-refractivity contribution in [3.8, 4) is 0 Å². The number of esters is 1. The number of benzene rings is 1. The molecule has 3 aromatic rings. The second kappa shape index (κ2) is 7.53. The van der Waals surface area contributed by atoms with Crippen LogP contribution in [0.2, 0.25) is 0 Å². The molecule has 0 saturated heterocycles. The van der Waals surface area contributed by atoms with Crippen LogP contribution in [-0.2, 0) is 9.47 Å². The van der Waals surface area contributed by atoms with Gasteiger partial charge in [0.1, 0.15) is 6.10 Å². The van der Waals surface area contributed by atoms with Gasteiger partial charge >= 0.3 is 5.97 Å². The summed E-state index contributed by atoms with van der Waals surface area (Å²) in [5, 5.41) is 0. The fourth-order valence-electron chi connectivity index (χ4n) is 2.97. The minimum Gasteiger partial charge on any atom is -0.462 e. The largest absolute Gasteiger partial charge is 0.462 e. The van der Waals surface area contributed by atoms with Gasteiger partial charge in [-0.1, -0.05) is 36.4 Å². The molecule has 3 rings (SSSR count). The molecule has 0 aliphatic rings. The molecule has 2 heterocycles. The quantitative estimate of drug-likeness (QED) is 0.616. The van der Waals surface area contributed by atoms with E-state index < -0.39 is 0 Å². The number of ether oxygens (including phenoxy) is 2. The Morgan fingerprint density at radius 2 is 1.80 bits per heavy atom. The van der Waals surface area contributed by atoms with Crippen molar-refractivity contribution in [2.75, 3.05) is 6.61 Å². The van der Waals surface area contributed by atoms with Gasteiger partial charge in [0.2, 0.25) is 0 Å². The maximum absolute atomic E-state index is 12.4. The van der Waals surface area contributed by atoms with Gasteiger partial charge in [-0.05, 0) is 44.5 Å². The van der Waals surface area contributed by atoms with Crippen LogP contribution >= 0.6 is 0 Å². The first-order valence-electron chi connectivity index (χ1n) is 8.59. The Hall–Kier alpha value is -2.59. The third kappa shape index (κ3) is 3.59. The zero-order valence-corrected chi connectivity index (χ0v) is 14.8.